The van der Waals surface area contributed by atoms with Gasteiger partial charge in [-0.15, -0.1) is 0 Å². The summed E-state index contributed by atoms with van der Waals surface area (Å²) in [5.41, 5.74) is 2.18. The molecule has 0 aromatic heterocycles. The number of hydrogen-bond donors (Lipinski definition) is 2. The second kappa shape index (κ2) is 7.75. The summed E-state index contributed by atoms with van der Waals surface area (Å²) in [6.45, 7) is 2.30. The van der Waals surface area contributed by atoms with Crippen LogP contribution in [0.4, 0.5) is 17.1 Å². The van der Waals surface area contributed by atoms with E-state index in [1.54, 1.807) is 42.5 Å². The summed E-state index contributed by atoms with van der Waals surface area (Å²) < 4.78 is 5.29. The fraction of sp³-hybridized carbons (Fsp3) is 0.286. The van der Waals surface area contributed by atoms with Gasteiger partial charge in [0.05, 0.1) is 27.6 Å². The second-order valence-corrected chi connectivity index (χ2v) is 7.50. The smallest absolute Gasteiger partial charge is 0.338 e. The number of nitrogens with zero attached hydrogens (tertiary/aromatic N) is 1. The molecule has 4 rings (SSSR count). The minimum Gasteiger partial charge on any atom is -0.449 e. The van der Waals surface area contributed by atoms with E-state index >= 15 is 0 Å². The van der Waals surface area contributed by atoms with Crippen LogP contribution in [0.25, 0.3) is 0 Å². The molecule has 0 saturated carbocycles. The van der Waals surface area contributed by atoms with Crippen LogP contribution in [0.5, 0.6) is 0 Å². The van der Waals surface area contributed by atoms with Crippen molar-refractivity contribution in [2.45, 2.75) is 31.9 Å². The number of para-hydroxylation sites is 1. The molecule has 2 heterocycles. The summed E-state index contributed by atoms with van der Waals surface area (Å²) in [4.78, 5) is 39.2. The molecule has 0 bridgehead atoms. The van der Waals surface area contributed by atoms with E-state index in [1.165, 1.54) is 6.92 Å². The first-order valence-corrected chi connectivity index (χ1v) is 9.80. The molecule has 2 aliphatic rings. The predicted molar refractivity (Wildman–Crippen MR) is 110 cm³/mol. The molecule has 1 saturated heterocycles. The molecule has 2 aliphatic heterocycles. The van der Waals surface area contributed by atoms with Crippen molar-refractivity contribution in [1.29, 1.82) is 0 Å². The molecule has 1 fully saturated rings. The van der Waals surface area contributed by atoms with Gasteiger partial charge < -0.3 is 20.3 Å². The van der Waals surface area contributed by atoms with Crippen molar-refractivity contribution in [3.05, 3.63) is 53.1 Å². The zero-order valence-corrected chi connectivity index (χ0v) is 16.5. The van der Waals surface area contributed by atoms with Crippen LogP contribution >= 0.6 is 11.6 Å². The first-order chi connectivity index (χ1) is 13.9. The molecule has 0 radical (unpaired) electrons. The number of carbonyl (C=O) groups excluding carboxylic acids is 3. The Morgan fingerprint density at radius 1 is 1.28 bits per heavy atom. The summed E-state index contributed by atoms with van der Waals surface area (Å²) in [6, 6.07) is 11.7. The molecule has 0 spiro atoms. The minimum atomic E-state index is -1.02. The van der Waals surface area contributed by atoms with Gasteiger partial charge in [-0.3, -0.25) is 9.59 Å². The Morgan fingerprint density at radius 2 is 2.07 bits per heavy atom. The zero-order chi connectivity index (χ0) is 20.5. The lowest BCUT2D eigenvalue weighted by molar-refractivity contribution is -0.123. The Morgan fingerprint density at radius 3 is 2.86 bits per heavy atom. The highest BCUT2D eigenvalue weighted by molar-refractivity contribution is 6.33. The molecule has 0 unspecified atom stereocenters. The molecule has 2 N–H and O–H groups in total. The predicted octanol–water partition coefficient (Wildman–Crippen LogP) is 3.44. The van der Waals surface area contributed by atoms with Crippen molar-refractivity contribution in [3.8, 4) is 0 Å². The number of carbonyl (C=O) groups is 3. The molecule has 0 aliphatic carbocycles. The van der Waals surface area contributed by atoms with E-state index in [0.29, 0.717) is 16.4 Å². The Balaban J connectivity index is 1.45. The SMILES string of the molecule is C[C@H](OC(=O)c1ccc2c(c1)NC(=O)[C@@H]1CCCN21)C(=O)Nc1ccccc1Cl. The highest BCUT2D eigenvalue weighted by Gasteiger charge is 2.36. The number of hydrogen-bond acceptors (Lipinski definition) is 5. The lowest BCUT2D eigenvalue weighted by Crippen LogP contribution is -2.43. The molecule has 150 valence electrons. The average molecular weight is 414 g/mol. The lowest BCUT2D eigenvalue weighted by atomic mass is 10.1. The molecule has 7 nitrogen and oxygen atoms in total. The number of halogens is 1. The third kappa shape index (κ3) is 3.78. The number of nitrogens with one attached hydrogen (secondary N) is 2. The van der Waals surface area contributed by atoms with E-state index in [2.05, 4.69) is 15.5 Å². The summed E-state index contributed by atoms with van der Waals surface area (Å²) in [5, 5.41) is 5.89. The standard InChI is InChI=1S/C21H20ClN3O4/c1-12(19(26)23-15-6-3-2-5-14(15)22)29-21(28)13-8-9-17-16(11-13)24-20(27)18-7-4-10-25(17)18/h2-3,5-6,8-9,11-12,18H,4,7,10H2,1H3,(H,23,26)(H,24,27)/t12-,18-/m0/s1. The van der Waals surface area contributed by atoms with Gasteiger partial charge in [0.15, 0.2) is 6.10 Å². The number of rotatable bonds is 4. The van der Waals surface area contributed by atoms with Crippen LogP contribution in [0.15, 0.2) is 42.5 Å². The monoisotopic (exact) mass is 413 g/mol. The minimum absolute atomic E-state index is 0.0620. The molecule has 2 atom stereocenters. The van der Waals surface area contributed by atoms with E-state index in [0.717, 1.165) is 25.1 Å². The zero-order valence-electron chi connectivity index (χ0n) is 15.8. The maximum Gasteiger partial charge on any atom is 0.338 e. The lowest BCUT2D eigenvalue weighted by Gasteiger charge is -2.33. The highest BCUT2D eigenvalue weighted by atomic mass is 35.5. The Bertz CT molecular complexity index is 994. The van der Waals surface area contributed by atoms with E-state index in [9.17, 15) is 14.4 Å². The van der Waals surface area contributed by atoms with Gasteiger partial charge >= 0.3 is 5.97 Å². The second-order valence-electron chi connectivity index (χ2n) is 7.09. The normalized spacial score (nSPS) is 18.3. The molecule has 2 aromatic carbocycles. The van der Waals surface area contributed by atoms with Crippen LogP contribution in [0.3, 0.4) is 0 Å². The van der Waals surface area contributed by atoms with Crippen LogP contribution in [0, 0.1) is 0 Å². The van der Waals surface area contributed by atoms with E-state index in [1.807, 2.05) is 0 Å². The Kier molecular flexibility index (Phi) is 5.15. The van der Waals surface area contributed by atoms with Crippen molar-refractivity contribution in [3.63, 3.8) is 0 Å². The van der Waals surface area contributed by atoms with Gasteiger partial charge in [-0.1, -0.05) is 23.7 Å². The fourth-order valence-electron chi connectivity index (χ4n) is 3.64. The van der Waals surface area contributed by atoms with E-state index in [-0.39, 0.29) is 17.5 Å². The van der Waals surface area contributed by atoms with Gasteiger partial charge in [-0.2, -0.15) is 0 Å². The molecule has 8 heteroatoms. The molecule has 29 heavy (non-hydrogen) atoms. The number of esters is 1. The number of benzene rings is 2. The topological polar surface area (TPSA) is 87.7 Å². The van der Waals surface area contributed by atoms with Crippen molar-refractivity contribution in [2.24, 2.45) is 0 Å². The largest absolute Gasteiger partial charge is 0.449 e. The van der Waals surface area contributed by atoms with Crippen LogP contribution in [0.2, 0.25) is 5.02 Å². The van der Waals surface area contributed by atoms with Crippen molar-refractivity contribution in [1.82, 2.24) is 0 Å². The first-order valence-electron chi connectivity index (χ1n) is 9.42. The van der Waals surface area contributed by atoms with Gasteiger partial charge in [0.2, 0.25) is 5.91 Å². The fourth-order valence-corrected chi connectivity index (χ4v) is 3.82. The molecular formula is C21H20ClN3O4. The number of ether oxygens (including phenoxy) is 1. The van der Waals surface area contributed by atoms with E-state index < -0.39 is 18.0 Å². The average Bonchev–Trinajstić information content (AvgIpc) is 3.20. The number of amides is 2. The quantitative estimate of drug-likeness (QED) is 0.749. The van der Waals surface area contributed by atoms with Gasteiger partial charge in [0.1, 0.15) is 6.04 Å². The molecular weight excluding hydrogens is 394 g/mol. The number of fused-ring (bicyclic) bond motifs is 3. The van der Waals surface area contributed by atoms with Crippen molar-refractivity contribution in [2.75, 3.05) is 22.1 Å². The number of anilines is 3. The summed E-state index contributed by atoms with van der Waals surface area (Å²) >= 11 is 6.03. The van der Waals surface area contributed by atoms with Gasteiger partial charge in [-0.25, -0.2) is 4.79 Å². The highest BCUT2D eigenvalue weighted by Crippen LogP contribution is 2.37. The molecule has 2 aromatic rings. The van der Waals surface area contributed by atoms with Crippen LogP contribution < -0.4 is 15.5 Å². The van der Waals surface area contributed by atoms with Gasteiger partial charge in [0, 0.05) is 6.54 Å². The Hall–Kier alpha value is -3.06. The summed E-state index contributed by atoms with van der Waals surface area (Å²) in [5.74, 6) is -1.20. The van der Waals surface area contributed by atoms with Crippen molar-refractivity contribution < 1.29 is 19.1 Å². The van der Waals surface area contributed by atoms with E-state index in [4.69, 9.17) is 16.3 Å². The third-order valence-electron chi connectivity index (χ3n) is 5.14. The van der Waals surface area contributed by atoms with Crippen molar-refractivity contribution >= 4 is 46.4 Å². The van der Waals surface area contributed by atoms with Gasteiger partial charge in [-0.05, 0) is 50.1 Å². The van der Waals surface area contributed by atoms with Gasteiger partial charge in [0.25, 0.3) is 5.91 Å². The third-order valence-corrected chi connectivity index (χ3v) is 5.47. The summed E-state index contributed by atoms with van der Waals surface area (Å²) in [6.07, 6.45) is 0.763. The maximum atomic E-state index is 12.5. The van der Waals surface area contributed by atoms with Crippen LogP contribution in [0.1, 0.15) is 30.1 Å². The first kappa shape index (κ1) is 19.3. The van der Waals surface area contributed by atoms with Crippen LogP contribution in [-0.2, 0) is 14.3 Å². The summed E-state index contributed by atoms with van der Waals surface area (Å²) in [7, 11) is 0. The molecule has 2 amide bonds. The van der Waals surface area contributed by atoms with Crippen LogP contribution in [-0.4, -0.2) is 36.5 Å². The Labute approximate surface area is 173 Å². The maximum absolute atomic E-state index is 12.5.